The molecule has 0 saturated carbocycles. The van der Waals surface area contributed by atoms with Crippen LogP contribution >= 0.6 is 0 Å². The number of rotatable bonds is 6. The van der Waals surface area contributed by atoms with Crippen molar-refractivity contribution in [1.29, 1.82) is 0 Å². The number of aryl methyl sites for hydroxylation is 1. The number of pyridine rings is 1. The Balaban J connectivity index is 1.37. The van der Waals surface area contributed by atoms with Crippen LogP contribution < -0.4 is 19.3 Å². The number of ether oxygens (including phenoxy) is 2. The summed E-state index contributed by atoms with van der Waals surface area (Å²) >= 11 is 0. The van der Waals surface area contributed by atoms with Crippen LogP contribution in [-0.2, 0) is 0 Å². The lowest BCUT2D eigenvalue weighted by Gasteiger charge is -2.54. The van der Waals surface area contributed by atoms with Crippen LogP contribution in [0.2, 0.25) is 0 Å². The molecule has 12 heteroatoms. The molecule has 9 nitrogen and oxygen atoms in total. The zero-order valence-corrected chi connectivity index (χ0v) is 21.7. The van der Waals surface area contributed by atoms with E-state index in [2.05, 4.69) is 20.0 Å². The van der Waals surface area contributed by atoms with Crippen LogP contribution in [-0.4, -0.2) is 85.2 Å². The molecular weight excluding hydrogens is 501 g/mol. The summed E-state index contributed by atoms with van der Waals surface area (Å²) in [5, 5.41) is 4.14. The third kappa shape index (κ3) is 5.50. The number of halogens is 3. The number of piperidine rings is 1. The quantitative estimate of drug-likeness (QED) is 0.465. The number of piperazine rings is 1. The Labute approximate surface area is 219 Å². The van der Waals surface area contributed by atoms with E-state index in [9.17, 15) is 13.2 Å². The Morgan fingerprint density at radius 3 is 2.32 bits per heavy atom. The molecule has 0 bridgehead atoms. The van der Waals surface area contributed by atoms with E-state index in [-0.39, 0.29) is 6.54 Å². The van der Waals surface area contributed by atoms with Gasteiger partial charge in [0.05, 0.1) is 20.8 Å². The third-order valence-electron chi connectivity index (χ3n) is 7.40. The molecule has 0 radical (unpaired) electrons. The monoisotopic (exact) mass is 532 g/mol. The lowest BCUT2D eigenvalue weighted by molar-refractivity contribution is -0.163. The SMILES string of the molecule is COc1cc(OC)cc(-c2noc(N3CCN(CC(F)(F)F)C4(CCN(c5ccnc(C)c5)CC4)C3)n2)c1. The Hall–Kier alpha value is -3.54. The number of alkyl halides is 3. The minimum absolute atomic E-state index is 0.249. The molecule has 0 aliphatic carbocycles. The number of methoxy groups -OCH3 is 2. The molecule has 2 aliphatic rings. The molecular formula is C26H31F3N6O3. The maximum Gasteiger partial charge on any atom is 0.401 e. The van der Waals surface area contributed by atoms with Gasteiger partial charge in [-0.1, -0.05) is 5.16 Å². The van der Waals surface area contributed by atoms with Crippen molar-refractivity contribution in [2.75, 3.05) is 63.3 Å². The highest BCUT2D eigenvalue weighted by Gasteiger charge is 2.48. The number of benzene rings is 1. The maximum atomic E-state index is 13.6. The Morgan fingerprint density at radius 2 is 1.68 bits per heavy atom. The number of hydrogen-bond donors (Lipinski definition) is 0. The highest BCUT2D eigenvalue weighted by molar-refractivity contribution is 5.61. The average molecular weight is 533 g/mol. The first kappa shape index (κ1) is 26.1. The second kappa shape index (κ2) is 10.3. The molecule has 3 aromatic rings. The van der Waals surface area contributed by atoms with E-state index in [1.165, 1.54) is 0 Å². The van der Waals surface area contributed by atoms with E-state index in [1.807, 2.05) is 24.0 Å². The van der Waals surface area contributed by atoms with Crippen molar-refractivity contribution in [3.8, 4) is 22.9 Å². The Kier molecular flexibility index (Phi) is 7.08. The van der Waals surface area contributed by atoms with Crippen molar-refractivity contribution in [3.63, 3.8) is 0 Å². The van der Waals surface area contributed by atoms with Crippen LogP contribution in [0.3, 0.4) is 0 Å². The minimum Gasteiger partial charge on any atom is -0.497 e. The molecule has 0 atom stereocenters. The molecule has 4 heterocycles. The van der Waals surface area contributed by atoms with Gasteiger partial charge in [0, 0.05) is 67.5 Å². The van der Waals surface area contributed by atoms with Crippen LogP contribution in [0.25, 0.3) is 11.4 Å². The summed E-state index contributed by atoms with van der Waals surface area (Å²) in [7, 11) is 3.11. The smallest absolute Gasteiger partial charge is 0.401 e. The molecule has 2 aromatic heterocycles. The van der Waals surface area contributed by atoms with Crippen LogP contribution in [0.5, 0.6) is 11.5 Å². The molecule has 38 heavy (non-hydrogen) atoms. The topological polar surface area (TPSA) is 80.0 Å². The highest BCUT2D eigenvalue weighted by Crippen LogP contribution is 2.38. The van der Waals surface area contributed by atoms with Gasteiger partial charge in [0.2, 0.25) is 5.82 Å². The van der Waals surface area contributed by atoms with E-state index in [1.54, 1.807) is 43.5 Å². The minimum atomic E-state index is -4.28. The zero-order chi connectivity index (χ0) is 26.9. The molecule has 2 saturated heterocycles. The van der Waals surface area contributed by atoms with Gasteiger partial charge in [-0.3, -0.25) is 9.88 Å². The largest absolute Gasteiger partial charge is 0.497 e. The summed E-state index contributed by atoms with van der Waals surface area (Å²) in [6.45, 7) is 3.25. The van der Waals surface area contributed by atoms with E-state index in [0.29, 0.717) is 67.9 Å². The van der Waals surface area contributed by atoms with Crippen molar-refractivity contribution in [2.45, 2.75) is 31.5 Å². The molecule has 1 aromatic carbocycles. The third-order valence-corrected chi connectivity index (χ3v) is 7.40. The van der Waals surface area contributed by atoms with Crippen LogP contribution in [0, 0.1) is 6.92 Å². The average Bonchev–Trinajstić information content (AvgIpc) is 3.40. The van der Waals surface area contributed by atoms with Crippen molar-refractivity contribution in [3.05, 3.63) is 42.2 Å². The van der Waals surface area contributed by atoms with Gasteiger partial charge in [-0.25, -0.2) is 0 Å². The van der Waals surface area contributed by atoms with Crippen molar-refractivity contribution in [2.24, 2.45) is 0 Å². The molecule has 0 amide bonds. The lowest BCUT2D eigenvalue weighted by Crippen LogP contribution is -2.67. The Bertz CT molecular complexity index is 1240. The maximum absolute atomic E-state index is 13.6. The summed E-state index contributed by atoms with van der Waals surface area (Å²) in [4.78, 5) is 14.6. The first-order chi connectivity index (χ1) is 18.2. The number of aromatic nitrogens is 3. The second-order valence-corrected chi connectivity index (χ2v) is 9.83. The van der Waals surface area contributed by atoms with E-state index in [0.717, 1.165) is 11.4 Å². The molecule has 5 rings (SSSR count). The summed E-state index contributed by atoms with van der Waals surface area (Å²) in [5.74, 6) is 1.52. The van der Waals surface area contributed by atoms with Crippen LogP contribution in [0.15, 0.2) is 41.1 Å². The van der Waals surface area contributed by atoms with Gasteiger partial charge >= 0.3 is 12.2 Å². The van der Waals surface area contributed by atoms with Crippen LogP contribution in [0.1, 0.15) is 18.5 Å². The number of hydrogen-bond acceptors (Lipinski definition) is 9. The lowest BCUT2D eigenvalue weighted by atomic mass is 9.83. The van der Waals surface area contributed by atoms with Gasteiger partial charge in [-0.15, -0.1) is 0 Å². The van der Waals surface area contributed by atoms with Gasteiger partial charge in [-0.2, -0.15) is 18.2 Å². The number of anilines is 2. The Morgan fingerprint density at radius 1 is 0.974 bits per heavy atom. The molecule has 1 spiro atoms. The van der Waals surface area contributed by atoms with E-state index < -0.39 is 18.3 Å². The summed E-state index contributed by atoms with van der Waals surface area (Å²) in [5.41, 5.74) is 1.94. The van der Waals surface area contributed by atoms with Crippen molar-refractivity contribution >= 4 is 11.7 Å². The van der Waals surface area contributed by atoms with Gasteiger partial charge in [-0.05, 0) is 44.0 Å². The van der Waals surface area contributed by atoms with Gasteiger partial charge in [0.25, 0.3) is 0 Å². The molecule has 0 unspecified atom stereocenters. The number of nitrogens with zero attached hydrogens (tertiary/aromatic N) is 6. The second-order valence-electron chi connectivity index (χ2n) is 9.83. The van der Waals surface area contributed by atoms with Crippen molar-refractivity contribution < 1.29 is 27.2 Å². The fourth-order valence-corrected chi connectivity index (χ4v) is 5.42. The first-order valence-corrected chi connectivity index (χ1v) is 12.5. The van der Waals surface area contributed by atoms with E-state index in [4.69, 9.17) is 14.0 Å². The van der Waals surface area contributed by atoms with Gasteiger partial charge in [0.15, 0.2) is 0 Å². The van der Waals surface area contributed by atoms with Crippen LogP contribution in [0.4, 0.5) is 24.9 Å². The molecule has 204 valence electrons. The molecule has 2 aliphatic heterocycles. The predicted molar refractivity (Wildman–Crippen MR) is 136 cm³/mol. The van der Waals surface area contributed by atoms with Gasteiger partial charge in [0.1, 0.15) is 11.5 Å². The summed E-state index contributed by atoms with van der Waals surface area (Å²) < 4.78 is 57.0. The zero-order valence-electron chi connectivity index (χ0n) is 21.7. The highest BCUT2D eigenvalue weighted by atomic mass is 19.4. The van der Waals surface area contributed by atoms with Gasteiger partial charge < -0.3 is 23.8 Å². The first-order valence-electron chi connectivity index (χ1n) is 12.5. The van der Waals surface area contributed by atoms with Crippen molar-refractivity contribution in [1.82, 2.24) is 20.0 Å². The summed E-state index contributed by atoms with van der Waals surface area (Å²) in [6.07, 6.45) is -1.36. The standard InChI is InChI=1S/C26H31F3N6O3/c1-18-12-20(4-7-30-18)33-8-5-25(6-9-33)16-34(10-11-35(25)17-26(27,28)29)24-31-23(32-38-24)19-13-21(36-2)15-22(14-19)37-3/h4,7,12-15H,5-6,8-11,16-17H2,1-3H3. The predicted octanol–water partition coefficient (Wildman–Crippen LogP) is 4.18. The van der Waals surface area contributed by atoms with E-state index >= 15 is 0 Å². The summed E-state index contributed by atoms with van der Waals surface area (Å²) in [6, 6.07) is 9.53. The fourth-order valence-electron chi connectivity index (χ4n) is 5.42. The molecule has 2 fully saturated rings. The normalized spacial score (nSPS) is 18.2. The fraction of sp³-hybridized carbons (Fsp3) is 0.500. The molecule has 0 N–H and O–H groups in total.